The van der Waals surface area contributed by atoms with Crippen LogP contribution in [0, 0.1) is 10.1 Å². The summed E-state index contributed by atoms with van der Waals surface area (Å²) in [5, 5.41) is 16.7. The molecule has 10 heteroatoms. The lowest BCUT2D eigenvalue weighted by Crippen LogP contribution is -2.33. The number of nitro groups is 1. The fourth-order valence-electron chi connectivity index (χ4n) is 2.66. The van der Waals surface area contributed by atoms with Gasteiger partial charge in [-0.05, 0) is 54.6 Å². The average Bonchev–Trinajstić information content (AvgIpc) is 2.79. The van der Waals surface area contributed by atoms with Crippen molar-refractivity contribution < 1.29 is 24.0 Å². The minimum absolute atomic E-state index is 0.0886. The standard InChI is InChI=1S/C22H18ClN3O6/c1-31-17-7-9-18(10-8-17)32-20-11-6-16(26(29)30)12-19(20)22(28)24-13-21(27)25-15-4-2-14(23)3-5-15/h2-12H,13H2,1H3,(H,24,28)(H,25,27). The predicted octanol–water partition coefficient (Wildman–Crippen LogP) is 4.42. The molecule has 0 unspecified atom stereocenters. The number of hydrogen-bond acceptors (Lipinski definition) is 6. The van der Waals surface area contributed by atoms with E-state index in [2.05, 4.69) is 10.6 Å². The molecule has 0 radical (unpaired) electrons. The molecule has 0 aliphatic heterocycles. The minimum Gasteiger partial charge on any atom is -0.497 e. The van der Waals surface area contributed by atoms with Crippen molar-refractivity contribution in [2.45, 2.75) is 0 Å². The lowest BCUT2D eigenvalue weighted by molar-refractivity contribution is -0.384. The summed E-state index contributed by atoms with van der Waals surface area (Å²) in [7, 11) is 1.53. The van der Waals surface area contributed by atoms with Crippen molar-refractivity contribution in [2.24, 2.45) is 0 Å². The molecule has 3 aromatic carbocycles. The number of hydrogen-bond donors (Lipinski definition) is 2. The van der Waals surface area contributed by atoms with E-state index in [0.29, 0.717) is 22.2 Å². The number of carbonyl (C=O) groups excluding carboxylic acids is 2. The fourth-order valence-corrected chi connectivity index (χ4v) is 2.79. The van der Waals surface area contributed by atoms with E-state index < -0.39 is 16.7 Å². The number of carbonyl (C=O) groups is 2. The van der Waals surface area contributed by atoms with Gasteiger partial charge in [-0.1, -0.05) is 11.6 Å². The Balaban J connectivity index is 1.73. The van der Waals surface area contributed by atoms with Gasteiger partial charge in [0.05, 0.1) is 24.1 Å². The van der Waals surface area contributed by atoms with E-state index >= 15 is 0 Å². The van der Waals surface area contributed by atoms with E-state index in [9.17, 15) is 19.7 Å². The van der Waals surface area contributed by atoms with E-state index in [-0.39, 0.29) is 23.5 Å². The molecule has 9 nitrogen and oxygen atoms in total. The second kappa shape index (κ2) is 10.3. The van der Waals surface area contributed by atoms with Gasteiger partial charge in [0.1, 0.15) is 17.2 Å². The van der Waals surface area contributed by atoms with Crippen molar-refractivity contribution in [3.63, 3.8) is 0 Å². The summed E-state index contributed by atoms with van der Waals surface area (Å²) >= 11 is 5.81. The second-order valence-electron chi connectivity index (χ2n) is 6.45. The third kappa shape index (κ3) is 5.96. The van der Waals surface area contributed by atoms with Crippen LogP contribution >= 0.6 is 11.6 Å². The number of ether oxygens (including phenoxy) is 2. The summed E-state index contributed by atoms with van der Waals surface area (Å²) in [5.41, 5.74) is 0.129. The smallest absolute Gasteiger partial charge is 0.270 e. The van der Waals surface area contributed by atoms with Gasteiger partial charge in [0.25, 0.3) is 11.6 Å². The van der Waals surface area contributed by atoms with E-state index in [1.807, 2.05) is 0 Å². The number of benzene rings is 3. The van der Waals surface area contributed by atoms with Gasteiger partial charge in [0.15, 0.2) is 0 Å². The summed E-state index contributed by atoms with van der Waals surface area (Å²) in [4.78, 5) is 35.4. The fraction of sp³-hybridized carbons (Fsp3) is 0.0909. The average molecular weight is 456 g/mol. The number of methoxy groups -OCH3 is 1. The Morgan fingerprint density at radius 1 is 1.00 bits per heavy atom. The number of halogens is 1. The molecule has 164 valence electrons. The molecule has 0 spiro atoms. The van der Waals surface area contributed by atoms with Crippen molar-refractivity contribution >= 4 is 34.8 Å². The van der Waals surface area contributed by atoms with Crippen LogP contribution < -0.4 is 20.1 Å². The maximum Gasteiger partial charge on any atom is 0.270 e. The van der Waals surface area contributed by atoms with Gasteiger partial charge >= 0.3 is 0 Å². The first kappa shape index (κ1) is 22.6. The van der Waals surface area contributed by atoms with E-state index in [1.165, 1.54) is 19.2 Å². The summed E-state index contributed by atoms with van der Waals surface area (Å²) in [5.74, 6) is -0.0801. The second-order valence-corrected chi connectivity index (χ2v) is 6.89. The lowest BCUT2D eigenvalue weighted by Gasteiger charge is -2.12. The molecule has 0 heterocycles. The van der Waals surface area contributed by atoms with Gasteiger partial charge in [0.2, 0.25) is 5.91 Å². The van der Waals surface area contributed by atoms with Crippen molar-refractivity contribution in [1.82, 2.24) is 5.32 Å². The Morgan fingerprint density at radius 3 is 2.28 bits per heavy atom. The lowest BCUT2D eigenvalue weighted by atomic mass is 10.1. The quantitative estimate of drug-likeness (QED) is 0.383. The van der Waals surface area contributed by atoms with Crippen LogP contribution in [-0.4, -0.2) is 30.4 Å². The molecule has 0 fully saturated rings. The Hall–Kier alpha value is -4.11. The molecule has 0 aliphatic rings. The first-order valence-corrected chi connectivity index (χ1v) is 9.67. The number of nitrogens with zero attached hydrogens (tertiary/aromatic N) is 1. The molecule has 3 aromatic rings. The normalized spacial score (nSPS) is 10.2. The molecule has 0 saturated heterocycles. The molecule has 0 bridgehead atoms. The summed E-state index contributed by atoms with van der Waals surface area (Å²) in [6.07, 6.45) is 0. The predicted molar refractivity (Wildman–Crippen MR) is 119 cm³/mol. The first-order chi connectivity index (χ1) is 15.4. The zero-order valence-corrected chi connectivity index (χ0v) is 17.6. The zero-order chi connectivity index (χ0) is 23.1. The Labute approximate surface area is 188 Å². The number of nitro benzene ring substituents is 1. The number of non-ortho nitro benzene ring substituents is 1. The molecule has 3 rings (SSSR count). The van der Waals surface area contributed by atoms with Crippen LogP contribution in [0.4, 0.5) is 11.4 Å². The Bertz CT molecular complexity index is 1130. The van der Waals surface area contributed by atoms with Crippen molar-refractivity contribution in [1.29, 1.82) is 0 Å². The highest BCUT2D eigenvalue weighted by Gasteiger charge is 2.19. The van der Waals surface area contributed by atoms with Crippen LogP contribution in [0.25, 0.3) is 0 Å². The monoisotopic (exact) mass is 455 g/mol. The molecule has 0 saturated carbocycles. The van der Waals surface area contributed by atoms with Crippen LogP contribution in [0.2, 0.25) is 5.02 Å². The molecule has 2 N–H and O–H groups in total. The van der Waals surface area contributed by atoms with E-state index in [1.54, 1.807) is 48.5 Å². The maximum atomic E-state index is 12.7. The summed E-state index contributed by atoms with van der Waals surface area (Å²) in [6.45, 7) is -0.355. The molecule has 0 atom stereocenters. The van der Waals surface area contributed by atoms with E-state index in [0.717, 1.165) is 6.07 Å². The van der Waals surface area contributed by atoms with Crippen LogP contribution in [0.1, 0.15) is 10.4 Å². The highest BCUT2D eigenvalue weighted by Crippen LogP contribution is 2.29. The Kier molecular flexibility index (Phi) is 7.25. The number of amides is 2. The highest BCUT2D eigenvalue weighted by atomic mass is 35.5. The topological polar surface area (TPSA) is 120 Å². The Morgan fingerprint density at radius 2 is 1.66 bits per heavy atom. The van der Waals surface area contributed by atoms with Crippen LogP contribution in [0.5, 0.6) is 17.2 Å². The molecule has 2 amide bonds. The molecular formula is C22H18ClN3O6. The summed E-state index contributed by atoms with van der Waals surface area (Å²) < 4.78 is 10.8. The van der Waals surface area contributed by atoms with Gasteiger partial charge in [-0.25, -0.2) is 0 Å². The third-order valence-corrected chi connectivity index (χ3v) is 4.50. The highest BCUT2D eigenvalue weighted by molar-refractivity contribution is 6.30. The van der Waals surface area contributed by atoms with Crippen molar-refractivity contribution in [2.75, 3.05) is 19.0 Å². The van der Waals surface area contributed by atoms with Crippen LogP contribution in [0.15, 0.2) is 66.7 Å². The zero-order valence-electron chi connectivity index (χ0n) is 16.8. The van der Waals surface area contributed by atoms with Crippen molar-refractivity contribution in [3.05, 3.63) is 87.4 Å². The van der Waals surface area contributed by atoms with Gasteiger partial charge in [-0.3, -0.25) is 19.7 Å². The molecule has 0 aliphatic carbocycles. The van der Waals surface area contributed by atoms with Gasteiger partial charge in [-0.2, -0.15) is 0 Å². The maximum absolute atomic E-state index is 12.7. The van der Waals surface area contributed by atoms with E-state index in [4.69, 9.17) is 21.1 Å². The van der Waals surface area contributed by atoms with Gasteiger partial charge < -0.3 is 20.1 Å². The van der Waals surface area contributed by atoms with Crippen molar-refractivity contribution in [3.8, 4) is 17.2 Å². The number of anilines is 1. The largest absolute Gasteiger partial charge is 0.497 e. The SMILES string of the molecule is COc1ccc(Oc2ccc([N+](=O)[O-])cc2C(=O)NCC(=O)Nc2ccc(Cl)cc2)cc1. The van der Waals surface area contributed by atoms with Crippen LogP contribution in [0.3, 0.4) is 0 Å². The third-order valence-electron chi connectivity index (χ3n) is 4.24. The molecule has 32 heavy (non-hydrogen) atoms. The van der Waals surface area contributed by atoms with Gasteiger partial charge in [-0.15, -0.1) is 0 Å². The number of nitrogens with one attached hydrogen (secondary N) is 2. The molecule has 0 aromatic heterocycles. The van der Waals surface area contributed by atoms with Gasteiger partial charge in [0, 0.05) is 22.8 Å². The summed E-state index contributed by atoms with van der Waals surface area (Å²) in [6, 6.07) is 16.7. The minimum atomic E-state index is -0.705. The first-order valence-electron chi connectivity index (χ1n) is 9.29. The molecular weight excluding hydrogens is 438 g/mol. The van der Waals surface area contributed by atoms with Crippen LogP contribution in [-0.2, 0) is 4.79 Å². The number of rotatable bonds is 8.